The Balaban J connectivity index is 4.01. The van der Waals surface area contributed by atoms with Gasteiger partial charge in [-0.05, 0) is 13.0 Å². The van der Waals surface area contributed by atoms with Crippen LogP contribution in [0.25, 0.3) is 0 Å². The highest BCUT2D eigenvalue weighted by Gasteiger charge is 2.40. The molecule has 4 heteroatoms. The first-order valence-corrected chi connectivity index (χ1v) is 4.86. The van der Waals surface area contributed by atoms with Gasteiger partial charge in [0.15, 0.2) is 0 Å². The molecule has 1 nitrogen and oxygen atoms in total. The first-order chi connectivity index (χ1) is 4.04. The van der Waals surface area contributed by atoms with E-state index in [0.717, 1.165) is 0 Å². The summed E-state index contributed by atoms with van der Waals surface area (Å²) < 4.78 is 24.9. The molecule has 1 atom stereocenters. The summed E-state index contributed by atoms with van der Waals surface area (Å²) in [5, 5.41) is 8.11. The summed E-state index contributed by atoms with van der Waals surface area (Å²) in [6, 6.07) is 1.44. The van der Waals surface area contributed by atoms with E-state index in [4.69, 9.17) is 5.26 Å². The topological polar surface area (TPSA) is 23.8 Å². The molecule has 0 aliphatic rings. The molecule has 1 unspecified atom stereocenters. The molecule has 52 valence electrons. The molecule has 0 radical (unpaired) electrons. The van der Waals surface area contributed by atoms with Crippen LogP contribution < -0.4 is 0 Å². The van der Waals surface area contributed by atoms with E-state index in [1.54, 1.807) is 6.07 Å². The summed E-state index contributed by atoms with van der Waals surface area (Å²) in [6.45, 7) is 2.72. The highest BCUT2D eigenvalue weighted by atomic mass is 28.4. The van der Waals surface area contributed by atoms with Crippen LogP contribution in [0.2, 0.25) is 11.6 Å². The van der Waals surface area contributed by atoms with Crippen molar-refractivity contribution in [2.24, 2.45) is 0 Å². The fourth-order valence-electron chi connectivity index (χ4n) is 0.401. The van der Waals surface area contributed by atoms with Gasteiger partial charge in [-0.15, -0.1) is 0 Å². The van der Waals surface area contributed by atoms with Crippen LogP contribution in [0.3, 0.4) is 0 Å². The molecule has 0 aromatic heterocycles. The summed E-state index contributed by atoms with van der Waals surface area (Å²) >= 11 is 0. The summed E-state index contributed by atoms with van der Waals surface area (Å²) in [7, 11) is -4.14. The summed E-state index contributed by atoms with van der Waals surface area (Å²) in [5.41, 5.74) is -1.03. The first kappa shape index (κ1) is 8.57. The van der Waals surface area contributed by atoms with E-state index in [0.29, 0.717) is 0 Å². The second-order valence-electron chi connectivity index (χ2n) is 1.97. The minimum absolute atomic E-state index is 0.123. The van der Waals surface area contributed by atoms with Crippen LogP contribution in [0.4, 0.5) is 8.22 Å². The lowest BCUT2D eigenvalue weighted by molar-refractivity contribution is 0.578. The Labute approximate surface area is 54.7 Å². The number of hydrogen-bond donors (Lipinski definition) is 0. The minimum atomic E-state index is -4.14. The summed E-state index contributed by atoms with van der Waals surface area (Å²) in [6.07, 6.45) is 0. The highest BCUT2D eigenvalue weighted by molar-refractivity contribution is 6.68. The molecular formula is C5H9F2NSi. The molecular weight excluding hydrogens is 140 g/mol. The first-order valence-electron chi connectivity index (χ1n) is 2.82. The van der Waals surface area contributed by atoms with Crippen LogP contribution in [-0.2, 0) is 0 Å². The molecule has 0 aromatic carbocycles. The van der Waals surface area contributed by atoms with E-state index in [1.165, 1.54) is 13.8 Å². The normalized spacial score (nSPS) is 14.6. The van der Waals surface area contributed by atoms with Gasteiger partial charge in [0.25, 0.3) is 0 Å². The van der Waals surface area contributed by atoms with E-state index in [2.05, 4.69) is 0 Å². The van der Waals surface area contributed by atoms with Gasteiger partial charge < -0.3 is 0 Å². The Morgan fingerprint density at radius 1 is 1.67 bits per heavy atom. The van der Waals surface area contributed by atoms with Crippen molar-refractivity contribution in [1.82, 2.24) is 0 Å². The van der Waals surface area contributed by atoms with Crippen molar-refractivity contribution >= 4 is 8.74 Å². The predicted octanol–water partition coefficient (Wildman–Crippen LogP) is 2.30. The van der Waals surface area contributed by atoms with Gasteiger partial charge in [-0.1, -0.05) is 6.92 Å². The predicted molar refractivity (Wildman–Crippen MR) is 33.5 cm³/mol. The maximum Gasteiger partial charge on any atom is 0.440 e. The third kappa shape index (κ3) is 2.10. The van der Waals surface area contributed by atoms with Crippen molar-refractivity contribution in [2.75, 3.05) is 0 Å². The van der Waals surface area contributed by atoms with Gasteiger partial charge in [-0.3, -0.25) is 8.22 Å². The van der Waals surface area contributed by atoms with Crippen LogP contribution in [0.5, 0.6) is 0 Å². The lowest BCUT2D eigenvalue weighted by Crippen LogP contribution is -2.25. The van der Waals surface area contributed by atoms with Crippen molar-refractivity contribution < 1.29 is 8.22 Å². The molecule has 9 heavy (non-hydrogen) atoms. The monoisotopic (exact) mass is 149 g/mol. The molecule has 0 heterocycles. The zero-order chi connectivity index (χ0) is 7.49. The van der Waals surface area contributed by atoms with Crippen molar-refractivity contribution in [3.05, 3.63) is 0 Å². The van der Waals surface area contributed by atoms with E-state index in [9.17, 15) is 8.22 Å². The highest BCUT2D eigenvalue weighted by Crippen LogP contribution is 2.26. The number of nitriles is 1. The molecule has 0 bridgehead atoms. The average Bonchev–Trinajstić information content (AvgIpc) is 1.86. The molecule has 0 N–H and O–H groups in total. The Kier molecular flexibility index (Phi) is 2.78. The van der Waals surface area contributed by atoms with Crippen LogP contribution in [0.15, 0.2) is 0 Å². The van der Waals surface area contributed by atoms with Gasteiger partial charge in [0, 0.05) is 0 Å². The molecule has 0 spiro atoms. The maximum absolute atomic E-state index is 12.5. The Morgan fingerprint density at radius 2 is 2.11 bits per heavy atom. The van der Waals surface area contributed by atoms with Gasteiger partial charge in [0.1, 0.15) is 0 Å². The number of halogens is 2. The van der Waals surface area contributed by atoms with Crippen LogP contribution in [-0.4, -0.2) is 8.74 Å². The molecule has 0 aliphatic heterocycles. The van der Waals surface area contributed by atoms with Crippen molar-refractivity contribution in [1.29, 1.82) is 5.26 Å². The van der Waals surface area contributed by atoms with E-state index in [-0.39, 0.29) is 6.04 Å². The standard InChI is InChI=1S/C5H9F2NSi/c1-3-9(6,7)5(2)4-8/h5H,3H2,1-2H3. The van der Waals surface area contributed by atoms with E-state index in [1.807, 2.05) is 0 Å². The second-order valence-corrected chi connectivity index (χ2v) is 5.06. The number of rotatable bonds is 2. The van der Waals surface area contributed by atoms with Crippen molar-refractivity contribution in [3.63, 3.8) is 0 Å². The fraction of sp³-hybridized carbons (Fsp3) is 0.800. The zero-order valence-corrected chi connectivity index (χ0v) is 6.49. The lowest BCUT2D eigenvalue weighted by atomic mass is 10.5. The van der Waals surface area contributed by atoms with Gasteiger partial charge in [-0.25, -0.2) is 0 Å². The number of nitrogens with zero attached hydrogens (tertiary/aromatic N) is 1. The third-order valence-corrected chi connectivity index (χ3v) is 3.64. The minimum Gasteiger partial charge on any atom is -0.269 e. The summed E-state index contributed by atoms with van der Waals surface area (Å²) in [4.78, 5) is 0. The lowest BCUT2D eigenvalue weighted by Gasteiger charge is -2.10. The van der Waals surface area contributed by atoms with Gasteiger partial charge in [0.2, 0.25) is 0 Å². The van der Waals surface area contributed by atoms with Crippen molar-refractivity contribution in [3.8, 4) is 6.07 Å². The maximum atomic E-state index is 12.5. The molecule has 0 saturated heterocycles. The average molecular weight is 149 g/mol. The second kappa shape index (κ2) is 2.92. The van der Waals surface area contributed by atoms with Crippen LogP contribution in [0.1, 0.15) is 13.8 Å². The molecule has 0 aromatic rings. The number of hydrogen-bond acceptors (Lipinski definition) is 1. The Bertz CT molecular complexity index is 129. The van der Waals surface area contributed by atoms with E-state index >= 15 is 0 Å². The van der Waals surface area contributed by atoms with Crippen LogP contribution >= 0.6 is 0 Å². The smallest absolute Gasteiger partial charge is 0.269 e. The van der Waals surface area contributed by atoms with Gasteiger partial charge in [-0.2, -0.15) is 5.26 Å². The third-order valence-electron chi connectivity index (χ3n) is 1.30. The SMILES string of the molecule is CC[Si](F)(F)C(C)C#N. The fourth-order valence-corrected chi connectivity index (χ4v) is 1.20. The largest absolute Gasteiger partial charge is 0.440 e. The van der Waals surface area contributed by atoms with Gasteiger partial charge in [0.05, 0.1) is 11.6 Å². The van der Waals surface area contributed by atoms with Crippen molar-refractivity contribution in [2.45, 2.75) is 25.4 Å². The molecule has 0 amide bonds. The van der Waals surface area contributed by atoms with Gasteiger partial charge >= 0.3 is 8.74 Å². The molecule has 0 fully saturated rings. The summed E-state index contributed by atoms with van der Waals surface area (Å²) in [5.74, 6) is 0. The molecule has 0 rings (SSSR count). The van der Waals surface area contributed by atoms with Crippen LogP contribution in [0, 0.1) is 11.3 Å². The Morgan fingerprint density at radius 3 is 2.22 bits per heavy atom. The Hall–Kier alpha value is -0.433. The van der Waals surface area contributed by atoms with E-state index < -0.39 is 14.3 Å². The zero-order valence-electron chi connectivity index (χ0n) is 5.49. The molecule has 0 saturated carbocycles. The quantitative estimate of drug-likeness (QED) is 0.436. The molecule has 0 aliphatic carbocycles.